The number of thiol groups is 2. The molecule has 0 aliphatic carbocycles. The molecule has 4 aromatic heterocycles. The van der Waals surface area contributed by atoms with Crippen LogP contribution in [-0.2, 0) is 89.6 Å². The zero-order chi connectivity index (χ0) is 68.9. The van der Waals surface area contributed by atoms with Crippen molar-refractivity contribution in [3.8, 4) is 5.75 Å². The first-order valence-electron chi connectivity index (χ1n) is 29.2. The Bertz CT molecular complexity index is 3870. The van der Waals surface area contributed by atoms with Crippen LogP contribution in [0, 0.1) is 0 Å². The molecule has 20 N–H and O–H groups in total. The van der Waals surface area contributed by atoms with E-state index in [0.29, 0.717) is 38.5 Å². The van der Waals surface area contributed by atoms with E-state index in [0.717, 1.165) is 0 Å². The maximum absolute atomic E-state index is 15.2. The van der Waals surface area contributed by atoms with Crippen LogP contribution in [0.3, 0.4) is 0 Å². The Kier molecular flexibility index (Phi) is 25.8. The molecule has 35 heteroatoms. The van der Waals surface area contributed by atoms with Gasteiger partial charge in [-0.05, 0) is 41.0 Å². The number of phenolic OH excluding ortho intramolecular Hbond substituents is 1. The van der Waals surface area contributed by atoms with Gasteiger partial charge in [0.05, 0.1) is 38.1 Å². The van der Waals surface area contributed by atoms with Gasteiger partial charge >= 0.3 is 17.9 Å². The summed E-state index contributed by atoms with van der Waals surface area (Å²) < 4.78 is 0. The predicted molar refractivity (Wildman–Crippen MR) is 343 cm³/mol. The molecule has 95 heavy (non-hydrogen) atoms. The van der Waals surface area contributed by atoms with Gasteiger partial charge in [-0.25, -0.2) is 14.8 Å². The maximum atomic E-state index is 15.2. The Morgan fingerprint density at radius 1 is 0.432 bits per heavy atom. The van der Waals surface area contributed by atoms with Gasteiger partial charge in [0.25, 0.3) is 0 Å². The molecule has 10 atom stereocenters. The molecule has 0 fully saturated rings. The zero-order valence-corrected chi connectivity index (χ0v) is 52.0. The first kappa shape index (κ1) is 71.7. The number of hydrogen-bond donors (Lipinski definition) is 21. The highest BCUT2D eigenvalue weighted by atomic mass is 32.1. The van der Waals surface area contributed by atoms with Crippen LogP contribution in [0.2, 0.25) is 0 Å². The Morgan fingerprint density at radius 3 is 1.16 bits per heavy atom. The molecule has 0 spiro atoms. The van der Waals surface area contributed by atoms with Crippen molar-refractivity contribution in [3.05, 3.63) is 138 Å². The summed E-state index contributed by atoms with van der Waals surface area (Å²) in [6.07, 6.45) is 4.35. The summed E-state index contributed by atoms with van der Waals surface area (Å²) in [5.74, 6) is -15.4. The molecule has 0 aliphatic heterocycles. The predicted octanol–water partition coefficient (Wildman–Crippen LogP) is -3.11. The summed E-state index contributed by atoms with van der Waals surface area (Å²) in [6, 6.07) is 2.74. The number of aromatic amines is 4. The quantitative estimate of drug-likeness (QED) is 0.0173. The molecule has 3 aromatic carbocycles. The SMILES string of the molecule is N[C@@H](CS)C(=O)N[C@@H](CO)C(=O)N[C@@H](CC(=O)O)C(=O)N[C@@H](CC(=O)O)C(=O)N[C@@H](Cc1cnc[nH]1)C(=O)N[C@@H](Cc1c[nH]c2ccccc12)C(=O)N[C@@H](Cc1cnc[nH]1)C(=O)N[C@@H](Cc1ccc(O)cc1)C(=O)N[C@@H](Cc1c[nH]c2ccccc12)C(=O)N[C@@H](CS)C(=O)O. The van der Waals surface area contributed by atoms with Crippen LogP contribution in [-0.4, -0.2) is 205 Å². The molecule has 0 saturated carbocycles. The number of carboxylic acid groups (broad SMARTS) is 3. The third-order valence-corrected chi connectivity index (χ3v) is 15.6. The van der Waals surface area contributed by atoms with E-state index in [-0.39, 0.29) is 54.3 Å². The van der Waals surface area contributed by atoms with Crippen LogP contribution < -0.4 is 53.6 Å². The number of nitrogens with two attached hydrogens (primary N) is 1. The van der Waals surface area contributed by atoms with Crippen molar-refractivity contribution in [2.75, 3.05) is 18.1 Å². The second-order valence-electron chi connectivity index (χ2n) is 21.8. The third-order valence-electron chi connectivity index (χ3n) is 14.9. The van der Waals surface area contributed by atoms with Gasteiger partial charge in [0.2, 0.25) is 53.2 Å². The number of phenols is 1. The number of rotatable bonds is 36. The fourth-order valence-electron chi connectivity index (χ4n) is 9.87. The van der Waals surface area contributed by atoms with Crippen molar-refractivity contribution >= 4 is 118 Å². The lowest BCUT2D eigenvalue weighted by Gasteiger charge is -2.28. The Labute approximate surface area is 549 Å². The average molecular weight is 1350 g/mol. The molecule has 0 bridgehead atoms. The molecule has 7 rings (SSSR count). The van der Waals surface area contributed by atoms with Crippen molar-refractivity contribution in [2.24, 2.45) is 5.73 Å². The minimum Gasteiger partial charge on any atom is -0.508 e. The first-order chi connectivity index (χ1) is 45.4. The minimum atomic E-state index is -2.12. The van der Waals surface area contributed by atoms with E-state index < -0.39 is 157 Å². The Morgan fingerprint density at radius 2 is 0.789 bits per heavy atom. The third kappa shape index (κ3) is 20.6. The summed E-state index contributed by atoms with van der Waals surface area (Å²) in [5.41, 5.74) is 8.83. The molecule has 9 amide bonds. The molecule has 4 heterocycles. The van der Waals surface area contributed by atoms with Gasteiger partial charge in [-0.1, -0.05) is 48.5 Å². The lowest BCUT2D eigenvalue weighted by molar-refractivity contribution is -0.143. The number of aliphatic carboxylic acids is 3. The van der Waals surface area contributed by atoms with Crippen LogP contribution in [0.4, 0.5) is 0 Å². The smallest absolute Gasteiger partial charge is 0.327 e. The lowest BCUT2D eigenvalue weighted by atomic mass is 10.0. The van der Waals surface area contributed by atoms with E-state index >= 15 is 9.59 Å². The number of H-pyrrole nitrogens is 4. The van der Waals surface area contributed by atoms with Gasteiger partial charge in [-0.15, -0.1) is 0 Å². The summed E-state index contributed by atoms with van der Waals surface area (Å²) in [5, 5.41) is 72.6. The van der Waals surface area contributed by atoms with Crippen LogP contribution >= 0.6 is 25.3 Å². The molecule has 7 aromatic rings. The maximum Gasteiger partial charge on any atom is 0.327 e. The number of aliphatic hydroxyl groups excluding tert-OH is 1. The zero-order valence-electron chi connectivity index (χ0n) is 50.2. The number of carbonyl (C=O) groups is 12. The number of aromatic nitrogens is 6. The van der Waals surface area contributed by atoms with Crippen molar-refractivity contribution in [1.29, 1.82) is 0 Å². The van der Waals surface area contributed by atoms with Crippen LogP contribution in [0.5, 0.6) is 5.75 Å². The van der Waals surface area contributed by atoms with E-state index in [1.807, 2.05) is 0 Å². The molecular formula is C60H70N16O17S2. The largest absolute Gasteiger partial charge is 0.508 e. The van der Waals surface area contributed by atoms with Gasteiger partial charge < -0.3 is 99.1 Å². The standard InChI is InChI=1S/C60H70N16O17S2/c61-37(25-94)51(83)75-47(24-77)59(91)74-46(19-50(81)82)58(90)73-45(18-49(79)80)57(89)72-44(17-33-23-63-28-67-33)56(88)70-41(14-30-20-64-38-7-3-1-5-35(30)38)53(85)71-43(16-32-22-62-27-66-32)55(87)68-40(13-29-9-11-34(78)12-10-29)52(84)69-42(54(86)76-48(26-95)60(92)93)15-31-21-65-39-8-4-2-6-36(31)39/h1-12,20-23,27-28,37,40-48,64-65,77-78,94-95H,13-19,24-26,61H2,(H,62,66)(H,63,67)(H,68,87)(H,69,84)(H,70,88)(H,71,85)(H,72,89)(H,73,90)(H,74,91)(H,75,83)(H,76,86)(H,79,80)(H,81,82)(H,92,93)/t37-,40-,41-,42-,43-,44-,45-,46-,47-,48-/m0/s1. The molecule has 33 nitrogen and oxygen atoms in total. The number of nitrogens with zero attached hydrogens (tertiary/aromatic N) is 2. The topological polar surface area (TPSA) is 529 Å². The average Bonchev–Trinajstić information content (AvgIpc) is 1.76. The highest BCUT2D eigenvalue weighted by molar-refractivity contribution is 7.80. The molecule has 504 valence electrons. The van der Waals surface area contributed by atoms with E-state index in [4.69, 9.17) is 5.73 Å². The summed E-state index contributed by atoms with van der Waals surface area (Å²) in [7, 11) is 0. The lowest BCUT2D eigenvalue weighted by Crippen LogP contribution is -2.62. The van der Waals surface area contributed by atoms with E-state index in [2.05, 4.69) is 103 Å². The van der Waals surface area contributed by atoms with Gasteiger partial charge in [0.1, 0.15) is 60.1 Å². The summed E-state index contributed by atoms with van der Waals surface area (Å²) in [4.78, 5) is 184. The van der Waals surface area contributed by atoms with Crippen LogP contribution in [0.15, 0.2) is 110 Å². The molecular weight excluding hydrogens is 1280 g/mol. The van der Waals surface area contributed by atoms with Crippen molar-refractivity contribution in [2.45, 2.75) is 105 Å². The number of imidazole rings is 2. The van der Waals surface area contributed by atoms with Crippen molar-refractivity contribution in [3.63, 3.8) is 0 Å². The number of hydrogen-bond acceptors (Lipinski definition) is 19. The number of aromatic hydroxyl groups is 1. The highest BCUT2D eigenvalue weighted by Gasteiger charge is 2.38. The normalized spacial score (nSPS) is 14.4. The van der Waals surface area contributed by atoms with Gasteiger partial charge in [-0.2, -0.15) is 25.3 Å². The van der Waals surface area contributed by atoms with Gasteiger partial charge in [0, 0.05) is 102 Å². The number of amides is 9. The highest BCUT2D eigenvalue weighted by Crippen LogP contribution is 2.22. The molecule has 0 aliphatic rings. The van der Waals surface area contributed by atoms with Crippen molar-refractivity contribution in [1.82, 2.24) is 77.8 Å². The Balaban J connectivity index is 1.19. The second-order valence-corrected chi connectivity index (χ2v) is 22.5. The van der Waals surface area contributed by atoms with Crippen molar-refractivity contribution < 1.29 is 83.1 Å². The molecule has 0 saturated heterocycles. The fourth-order valence-corrected chi connectivity index (χ4v) is 10.3. The second kappa shape index (κ2) is 34.2. The number of benzene rings is 3. The summed E-state index contributed by atoms with van der Waals surface area (Å²) >= 11 is 7.99. The van der Waals surface area contributed by atoms with Crippen LogP contribution in [0.25, 0.3) is 21.8 Å². The van der Waals surface area contributed by atoms with E-state index in [1.165, 1.54) is 49.3 Å². The fraction of sp³-hybridized carbons (Fsp3) is 0.333. The number of aliphatic hydroxyl groups is 1. The first-order valence-corrected chi connectivity index (χ1v) is 30.5. The number of para-hydroxylation sites is 2. The number of fused-ring (bicyclic) bond motifs is 2. The van der Waals surface area contributed by atoms with E-state index in [1.54, 1.807) is 60.9 Å². The summed E-state index contributed by atoms with van der Waals surface area (Å²) in [6.45, 7) is -1.06. The number of carbonyl (C=O) groups excluding carboxylic acids is 9. The van der Waals surface area contributed by atoms with Crippen LogP contribution in [0.1, 0.15) is 40.9 Å². The van der Waals surface area contributed by atoms with Gasteiger partial charge in [0.15, 0.2) is 0 Å². The van der Waals surface area contributed by atoms with E-state index in [9.17, 15) is 73.5 Å². The Hall–Kier alpha value is -10.8. The monoisotopic (exact) mass is 1350 g/mol. The number of carboxylic acids is 3. The minimum absolute atomic E-state index is 0.132. The number of nitrogens with one attached hydrogen (secondary N) is 13. The molecule has 0 unspecified atom stereocenters. The van der Waals surface area contributed by atoms with Gasteiger partial charge in [-0.3, -0.25) is 52.7 Å². The molecule has 0 radical (unpaired) electrons.